The van der Waals surface area contributed by atoms with E-state index in [9.17, 15) is 5.11 Å². The molecule has 0 radical (unpaired) electrons. The fourth-order valence-electron chi connectivity index (χ4n) is 3.33. The standard InChI is InChI=1S/C19H37N2O/c1-3-5-6-7-8-9-10-11-12-13-14-19-20-15-16-21(19,4-2)17-18-22/h6-7,15-16,19-20,22H,3-5,8-14,17-18H2,1-2H3/q+1/b7-6+. The number of quaternary nitrogens is 1. The number of allylic oxidation sites excluding steroid dienone is 2. The molecule has 0 saturated carbocycles. The van der Waals surface area contributed by atoms with E-state index in [1.807, 2.05) is 0 Å². The maximum Gasteiger partial charge on any atom is 0.166 e. The van der Waals surface area contributed by atoms with Crippen LogP contribution in [0.1, 0.15) is 71.6 Å². The average Bonchev–Trinajstić information content (AvgIpc) is 2.93. The van der Waals surface area contributed by atoms with Gasteiger partial charge in [0.1, 0.15) is 12.7 Å². The maximum atomic E-state index is 9.30. The lowest BCUT2D eigenvalue weighted by Gasteiger charge is -2.36. The van der Waals surface area contributed by atoms with Gasteiger partial charge in [-0.2, -0.15) is 0 Å². The summed E-state index contributed by atoms with van der Waals surface area (Å²) in [7, 11) is 0. The van der Waals surface area contributed by atoms with Crippen molar-refractivity contribution in [3.8, 4) is 0 Å². The molecule has 1 rings (SSSR count). The van der Waals surface area contributed by atoms with E-state index in [4.69, 9.17) is 0 Å². The summed E-state index contributed by atoms with van der Waals surface area (Å²) in [6.07, 6.45) is 21.1. The highest BCUT2D eigenvalue weighted by atomic mass is 16.3. The number of hydrogen-bond acceptors (Lipinski definition) is 2. The van der Waals surface area contributed by atoms with E-state index in [0.29, 0.717) is 6.17 Å². The van der Waals surface area contributed by atoms with Crippen LogP contribution in [-0.2, 0) is 0 Å². The van der Waals surface area contributed by atoms with Crippen molar-refractivity contribution >= 4 is 0 Å². The minimum Gasteiger partial charge on any atom is -0.390 e. The number of aliphatic hydroxyl groups is 1. The molecule has 128 valence electrons. The number of likely N-dealkylation sites (N-methyl/N-ethyl adjacent to an activating group) is 1. The van der Waals surface area contributed by atoms with Crippen LogP contribution in [0.4, 0.5) is 0 Å². The largest absolute Gasteiger partial charge is 0.390 e. The Kier molecular flexibility index (Phi) is 10.3. The number of nitrogens with one attached hydrogen (secondary N) is 1. The molecule has 2 atom stereocenters. The topological polar surface area (TPSA) is 32.3 Å². The molecular formula is C19H37N2O+. The quantitative estimate of drug-likeness (QED) is 0.302. The van der Waals surface area contributed by atoms with Gasteiger partial charge in [0.2, 0.25) is 0 Å². The maximum absolute atomic E-state index is 9.30. The van der Waals surface area contributed by atoms with E-state index in [1.165, 1.54) is 57.8 Å². The highest BCUT2D eigenvalue weighted by Crippen LogP contribution is 2.22. The van der Waals surface area contributed by atoms with Crippen LogP contribution in [0.2, 0.25) is 0 Å². The second kappa shape index (κ2) is 11.7. The van der Waals surface area contributed by atoms with E-state index in [2.05, 4.69) is 43.7 Å². The van der Waals surface area contributed by atoms with Gasteiger partial charge in [-0.3, -0.25) is 4.48 Å². The second-order valence-corrected chi connectivity index (χ2v) is 6.47. The first kappa shape index (κ1) is 19.2. The Morgan fingerprint density at radius 1 is 1.05 bits per heavy atom. The number of hydrogen-bond donors (Lipinski definition) is 2. The summed E-state index contributed by atoms with van der Waals surface area (Å²) in [6.45, 7) is 6.59. The van der Waals surface area contributed by atoms with Crippen LogP contribution in [0.25, 0.3) is 0 Å². The van der Waals surface area contributed by atoms with Gasteiger partial charge in [0.25, 0.3) is 0 Å². The van der Waals surface area contributed by atoms with Crippen molar-refractivity contribution in [2.24, 2.45) is 0 Å². The molecule has 22 heavy (non-hydrogen) atoms. The van der Waals surface area contributed by atoms with Crippen molar-refractivity contribution in [3.05, 3.63) is 24.6 Å². The summed E-state index contributed by atoms with van der Waals surface area (Å²) in [5.41, 5.74) is 0. The predicted molar refractivity (Wildman–Crippen MR) is 95.2 cm³/mol. The lowest BCUT2D eigenvalue weighted by molar-refractivity contribution is -0.900. The van der Waals surface area contributed by atoms with Crippen LogP contribution in [0.3, 0.4) is 0 Å². The van der Waals surface area contributed by atoms with Crippen LogP contribution >= 0.6 is 0 Å². The second-order valence-electron chi connectivity index (χ2n) is 6.47. The molecule has 2 unspecified atom stereocenters. The van der Waals surface area contributed by atoms with E-state index in [0.717, 1.165) is 17.6 Å². The van der Waals surface area contributed by atoms with Gasteiger partial charge in [0.05, 0.1) is 19.4 Å². The normalized spacial score (nSPS) is 24.2. The minimum atomic E-state index is 0.266. The van der Waals surface area contributed by atoms with Crippen molar-refractivity contribution in [3.63, 3.8) is 0 Å². The molecular weight excluding hydrogens is 272 g/mol. The Bertz CT molecular complexity index is 327. The Hall–Kier alpha value is -0.800. The van der Waals surface area contributed by atoms with Crippen molar-refractivity contribution in [1.29, 1.82) is 0 Å². The van der Waals surface area contributed by atoms with Gasteiger partial charge in [-0.15, -0.1) is 0 Å². The molecule has 3 heteroatoms. The average molecular weight is 310 g/mol. The van der Waals surface area contributed by atoms with Gasteiger partial charge >= 0.3 is 0 Å². The first-order chi connectivity index (χ1) is 10.8. The first-order valence-electron chi connectivity index (χ1n) is 9.35. The van der Waals surface area contributed by atoms with Crippen molar-refractivity contribution < 1.29 is 9.59 Å². The summed E-state index contributed by atoms with van der Waals surface area (Å²) in [5, 5.41) is 12.8. The minimum absolute atomic E-state index is 0.266. The molecule has 1 heterocycles. The molecule has 0 amide bonds. The number of rotatable bonds is 13. The van der Waals surface area contributed by atoms with Crippen LogP contribution in [-0.4, -0.2) is 35.5 Å². The summed E-state index contributed by atoms with van der Waals surface area (Å²) in [6, 6.07) is 0. The molecule has 0 aromatic rings. The number of aliphatic hydroxyl groups excluding tert-OH is 1. The molecule has 1 aliphatic rings. The fraction of sp³-hybridized carbons (Fsp3) is 0.789. The van der Waals surface area contributed by atoms with Crippen molar-refractivity contribution in [2.45, 2.75) is 77.8 Å². The lowest BCUT2D eigenvalue weighted by Crippen LogP contribution is -2.54. The molecule has 0 aromatic carbocycles. The highest BCUT2D eigenvalue weighted by Gasteiger charge is 2.35. The van der Waals surface area contributed by atoms with Crippen molar-refractivity contribution in [2.75, 3.05) is 19.7 Å². The SMILES string of the molecule is CCC/C=C/CCCCCCCC1NC=C[N+]1(CC)CCO. The molecule has 1 aliphatic heterocycles. The third-order valence-electron chi connectivity index (χ3n) is 4.86. The number of unbranched alkanes of at least 4 members (excludes halogenated alkanes) is 6. The van der Waals surface area contributed by atoms with Crippen LogP contribution in [0.15, 0.2) is 24.6 Å². The van der Waals surface area contributed by atoms with Crippen molar-refractivity contribution in [1.82, 2.24) is 5.32 Å². The molecule has 0 saturated heterocycles. The third-order valence-corrected chi connectivity index (χ3v) is 4.86. The summed E-state index contributed by atoms with van der Waals surface area (Å²) in [4.78, 5) is 0. The molecule has 3 nitrogen and oxygen atoms in total. The first-order valence-corrected chi connectivity index (χ1v) is 9.35. The van der Waals surface area contributed by atoms with Gasteiger partial charge in [-0.25, -0.2) is 0 Å². The lowest BCUT2D eigenvalue weighted by atomic mass is 10.1. The summed E-state index contributed by atoms with van der Waals surface area (Å²) < 4.78 is 0.902. The van der Waals surface area contributed by atoms with Gasteiger partial charge < -0.3 is 10.4 Å². The smallest absolute Gasteiger partial charge is 0.166 e. The Morgan fingerprint density at radius 3 is 2.50 bits per heavy atom. The zero-order valence-corrected chi connectivity index (χ0v) is 14.8. The van der Waals surface area contributed by atoms with Crippen LogP contribution in [0, 0.1) is 0 Å². The predicted octanol–water partition coefficient (Wildman–Crippen LogP) is 4.30. The van der Waals surface area contributed by atoms with Gasteiger partial charge in [-0.1, -0.05) is 44.8 Å². The van der Waals surface area contributed by atoms with Crippen LogP contribution in [0.5, 0.6) is 0 Å². The van der Waals surface area contributed by atoms with Gasteiger partial charge in [0.15, 0.2) is 6.17 Å². The molecule has 2 N–H and O–H groups in total. The zero-order chi connectivity index (χ0) is 16.1. The molecule has 0 fully saturated rings. The third kappa shape index (κ3) is 6.53. The van der Waals surface area contributed by atoms with E-state index < -0.39 is 0 Å². The Balaban J connectivity index is 2.07. The Labute approximate surface area is 137 Å². The number of nitrogens with zero attached hydrogens (tertiary/aromatic N) is 1. The summed E-state index contributed by atoms with van der Waals surface area (Å²) >= 11 is 0. The molecule has 0 aromatic heterocycles. The zero-order valence-electron chi connectivity index (χ0n) is 14.8. The molecule has 0 spiro atoms. The molecule has 0 aliphatic carbocycles. The highest BCUT2D eigenvalue weighted by molar-refractivity contribution is 4.84. The van der Waals surface area contributed by atoms with E-state index in [1.54, 1.807) is 0 Å². The van der Waals surface area contributed by atoms with Crippen LogP contribution < -0.4 is 5.32 Å². The fourth-order valence-corrected chi connectivity index (χ4v) is 3.33. The molecule has 0 bridgehead atoms. The van der Waals surface area contributed by atoms with Gasteiger partial charge in [0, 0.05) is 6.42 Å². The van der Waals surface area contributed by atoms with E-state index >= 15 is 0 Å². The monoisotopic (exact) mass is 309 g/mol. The summed E-state index contributed by atoms with van der Waals surface area (Å²) in [5.74, 6) is 0. The van der Waals surface area contributed by atoms with Gasteiger partial charge in [-0.05, 0) is 32.6 Å². The van der Waals surface area contributed by atoms with E-state index in [-0.39, 0.29) is 6.61 Å². The Morgan fingerprint density at radius 2 is 1.77 bits per heavy atom.